The first kappa shape index (κ1) is 17.3. The molecule has 2 aliphatic rings. The lowest BCUT2D eigenvalue weighted by Crippen LogP contribution is -2.40. The van der Waals surface area contributed by atoms with Gasteiger partial charge >= 0.3 is 12.0 Å². The minimum Gasteiger partial charge on any atom is -0.481 e. The third kappa shape index (κ3) is 2.94. The van der Waals surface area contributed by atoms with E-state index < -0.39 is 11.4 Å². The highest BCUT2D eigenvalue weighted by molar-refractivity contribution is 5.97. The van der Waals surface area contributed by atoms with Crippen molar-refractivity contribution in [1.82, 2.24) is 10.2 Å². The van der Waals surface area contributed by atoms with Crippen LogP contribution in [0.1, 0.15) is 30.6 Å². The molecule has 0 aromatic heterocycles. The van der Waals surface area contributed by atoms with Crippen LogP contribution >= 0.6 is 0 Å². The van der Waals surface area contributed by atoms with Crippen LogP contribution in [0.4, 0.5) is 10.5 Å². The van der Waals surface area contributed by atoms with E-state index in [9.17, 15) is 19.5 Å². The molecule has 0 bridgehead atoms. The number of anilines is 1. The second kappa shape index (κ2) is 6.38. The highest BCUT2D eigenvalue weighted by Gasteiger charge is 2.48. The zero-order valence-electron chi connectivity index (χ0n) is 14.5. The van der Waals surface area contributed by atoms with Crippen molar-refractivity contribution in [1.29, 1.82) is 0 Å². The summed E-state index contributed by atoms with van der Waals surface area (Å²) in [6.45, 7) is 5.66. The Kier molecular flexibility index (Phi) is 4.41. The van der Waals surface area contributed by atoms with Crippen molar-refractivity contribution >= 4 is 23.6 Å². The molecule has 1 aromatic rings. The van der Waals surface area contributed by atoms with Gasteiger partial charge in [-0.05, 0) is 36.6 Å². The molecule has 1 atom stereocenters. The summed E-state index contributed by atoms with van der Waals surface area (Å²) in [5.74, 6) is -1.05. The van der Waals surface area contributed by atoms with Crippen LogP contribution in [0.25, 0.3) is 0 Å². The van der Waals surface area contributed by atoms with Gasteiger partial charge in [-0.1, -0.05) is 13.8 Å². The lowest BCUT2D eigenvalue weighted by atomic mass is 9.76. The molecule has 2 N–H and O–H groups in total. The molecule has 3 rings (SSSR count). The fourth-order valence-corrected chi connectivity index (χ4v) is 3.58. The Labute approximate surface area is 146 Å². The first-order valence-electron chi connectivity index (χ1n) is 8.53. The number of aliphatic carboxylic acids is 1. The highest BCUT2D eigenvalue weighted by Crippen LogP contribution is 2.38. The van der Waals surface area contributed by atoms with Crippen LogP contribution in [0, 0.1) is 11.3 Å². The molecule has 2 heterocycles. The number of rotatable bonds is 4. The molecular formula is C18H23N3O4. The minimum atomic E-state index is -0.872. The molecule has 1 unspecified atom stereocenters. The molecule has 134 valence electrons. The SMILES string of the molecule is CC(C)C1(C(=O)O)CCN(C(=O)c2ccc(N3CCNC3=O)cc2)C1. The fourth-order valence-electron chi connectivity index (χ4n) is 3.58. The summed E-state index contributed by atoms with van der Waals surface area (Å²) in [6.07, 6.45) is 0.470. The Morgan fingerprint density at radius 2 is 1.88 bits per heavy atom. The predicted molar refractivity (Wildman–Crippen MR) is 92.6 cm³/mol. The van der Waals surface area contributed by atoms with Gasteiger partial charge in [-0.15, -0.1) is 0 Å². The van der Waals surface area contributed by atoms with Crippen molar-refractivity contribution in [3.63, 3.8) is 0 Å². The summed E-state index contributed by atoms with van der Waals surface area (Å²) < 4.78 is 0. The van der Waals surface area contributed by atoms with E-state index in [1.54, 1.807) is 34.1 Å². The van der Waals surface area contributed by atoms with E-state index in [1.807, 2.05) is 13.8 Å². The fraction of sp³-hybridized carbons (Fsp3) is 0.500. The van der Waals surface area contributed by atoms with Crippen LogP contribution in [-0.2, 0) is 4.79 Å². The number of likely N-dealkylation sites (tertiary alicyclic amines) is 1. The number of carbonyl (C=O) groups excluding carboxylic acids is 2. The van der Waals surface area contributed by atoms with Crippen molar-refractivity contribution < 1.29 is 19.5 Å². The summed E-state index contributed by atoms with van der Waals surface area (Å²) in [7, 11) is 0. The predicted octanol–water partition coefficient (Wildman–Crippen LogP) is 1.79. The zero-order valence-corrected chi connectivity index (χ0v) is 14.5. The maximum atomic E-state index is 12.7. The second-order valence-electron chi connectivity index (χ2n) is 7.02. The van der Waals surface area contributed by atoms with Gasteiger partial charge in [-0.2, -0.15) is 0 Å². The summed E-state index contributed by atoms with van der Waals surface area (Å²) in [5.41, 5.74) is 0.381. The Bertz CT molecular complexity index is 701. The summed E-state index contributed by atoms with van der Waals surface area (Å²) in [6, 6.07) is 6.75. The monoisotopic (exact) mass is 345 g/mol. The van der Waals surface area contributed by atoms with Gasteiger partial charge in [-0.25, -0.2) is 4.79 Å². The molecule has 2 aliphatic heterocycles. The Hall–Kier alpha value is -2.57. The molecule has 7 heteroatoms. The van der Waals surface area contributed by atoms with E-state index in [0.717, 1.165) is 5.69 Å². The molecule has 25 heavy (non-hydrogen) atoms. The molecule has 7 nitrogen and oxygen atoms in total. The van der Waals surface area contributed by atoms with Crippen LogP contribution < -0.4 is 10.2 Å². The Morgan fingerprint density at radius 1 is 1.20 bits per heavy atom. The van der Waals surface area contributed by atoms with Crippen LogP contribution in [0.15, 0.2) is 24.3 Å². The third-order valence-corrected chi connectivity index (χ3v) is 5.40. The van der Waals surface area contributed by atoms with Crippen LogP contribution in [0.3, 0.4) is 0 Å². The average molecular weight is 345 g/mol. The van der Waals surface area contributed by atoms with Gasteiger partial charge in [0.05, 0.1) is 5.41 Å². The van der Waals surface area contributed by atoms with Crippen molar-refractivity contribution in [2.24, 2.45) is 11.3 Å². The smallest absolute Gasteiger partial charge is 0.321 e. The number of carboxylic acid groups (broad SMARTS) is 1. The summed E-state index contributed by atoms with van der Waals surface area (Å²) >= 11 is 0. The molecule has 1 aromatic carbocycles. The zero-order chi connectivity index (χ0) is 18.2. The molecule has 0 spiro atoms. The number of benzene rings is 1. The van der Waals surface area contributed by atoms with Crippen molar-refractivity contribution in [2.45, 2.75) is 20.3 Å². The van der Waals surface area contributed by atoms with E-state index >= 15 is 0 Å². The van der Waals surface area contributed by atoms with E-state index in [1.165, 1.54) is 0 Å². The number of urea groups is 1. The normalized spacial score (nSPS) is 23.2. The van der Waals surface area contributed by atoms with E-state index in [-0.39, 0.29) is 24.4 Å². The molecule has 2 fully saturated rings. The van der Waals surface area contributed by atoms with E-state index in [2.05, 4.69) is 5.32 Å². The van der Waals surface area contributed by atoms with Crippen LogP contribution in [0.2, 0.25) is 0 Å². The standard InChI is InChI=1S/C18H23N3O4/c1-12(2)18(16(23)24)7-9-20(11-18)15(22)13-3-5-14(6-4-13)21-10-8-19-17(21)25/h3-6,12H,7-11H2,1-2H3,(H,19,25)(H,23,24). The number of carbonyl (C=O) groups is 3. The van der Waals surface area contributed by atoms with Gasteiger partial charge in [0, 0.05) is 37.4 Å². The van der Waals surface area contributed by atoms with E-state index in [0.29, 0.717) is 31.6 Å². The molecule has 0 radical (unpaired) electrons. The van der Waals surface area contributed by atoms with Gasteiger partial charge in [0.25, 0.3) is 5.91 Å². The maximum Gasteiger partial charge on any atom is 0.321 e. The number of carboxylic acids is 1. The molecule has 3 amide bonds. The molecule has 0 aliphatic carbocycles. The quantitative estimate of drug-likeness (QED) is 0.870. The molecule has 2 saturated heterocycles. The summed E-state index contributed by atoms with van der Waals surface area (Å²) in [4.78, 5) is 39.4. The van der Waals surface area contributed by atoms with Gasteiger partial charge in [0.2, 0.25) is 0 Å². The summed E-state index contributed by atoms with van der Waals surface area (Å²) in [5, 5.41) is 12.3. The lowest BCUT2D eigenvalue weighted by molar-refractivity contribution is -0.150. The Morgan fingerprint density at radius 3 is 2.36 bits per heavy atom. The van der Waals surface area contributed by atoms with Gasteiger partial charge in [-0.3, -0.25) is 14.5 Å². The number of nitrogens with zero attached hydrogens (tertiary/aromatic N) is 2. The van der Waals surface area contributed by atoms with Crippen molar-refractivity contribution in [2.75, 3.05) is 31.1 Å². The number of amides is 3. The minimum absolute atomic E-state index is 0.0427. The van der Waals surface area contributed by atoms with Crippen LogP contribution in [0.5, 0.6) is 0 Å². The van der Waals surface area contributed by atoms with Crippen molar-refractivity contribution in [3.05, 3.63) is 29.8 Å². The average Bonchev–Trinajstić information content (AvgIpc) is 3.21. The number of hydrogen-bond donors (Lipinski definition) is 2. The number of hydrogen-bond acceptors (Lipinski definition) is 3. The van der Waals surface area contributed by atoms with Crippen molar-refractivity contribution in [3.8, 4) is 0 Å². The van der Waals surface area contributed by atoms with Gasteiger partial charge in [0.15, 0.2) is 0 Å². The Balaban J connectivity index is 1.73. The van der Waals surface area contributed by atoms with Gasteiger partial charge < -0.3 is 15.3 Å². The highest BCUT2D eigenvalue weighted by atomic mass is 16.4. The topological polar surface area (TPSA) is 89.9 Å². The van der Waals surface area contributed by atoms with Gasteiger partial charge in [0.1, 0.15) is 0 Å². The first-order valence-corrected chi connectivity index (χ1v) is 8.53. The molecular weight excluding hydrogens is 322 g/mol. The van der Waals surface area contributed by atoms with Crippen LogP contribution in [-0.4, -0.2) is 54.1 Å². The maximum absolute atomic E-state index is 12.7. The largest absolute Gasteiger partial charge is 0.481 e. The molecule has 0 saturated carbocycles. The first-order chi connectivity index (χ1) is 11.8. The number of nitrogens with one attached hydrogen (secondary N) is 1. The second-order valence-corrected chi connectivity index (χ2v) is 7.02. The lowest BCUT2D eigenvalue weighted by Gasteiger charge is -2.28. The third-order valence-electron chi connectivity index (χ3n) is 5.40. The van der Waals surface area contributed by atoms with E-state index in [4.69, 9.17) is 0 Å².